The number of fused-ring (bicyclic) bond motifs is 2. The monoisotopic (exact) mass is 536 g/mol. The third-order valence-electron chi connectivity index (χ3n) is 14.4. The highest BCUT2D eigenvalue weighted by atomic mass is 16.4. The molecule has 0 aromatic carbocycles. The van der Waals surface area contributed by atoms with Crippen molar-refractivity contribution in [3.05, 3.63) is 0 Å². The summed E-state index contributed by atoms with van der Waals surface area (Å²) in [7, 11) is 0. The number of hydrogen-bond donors (Lipinski definition) is 6. The molecule has 218 valence electrons. The van der Waals surface area contributed by atoms with Gasteiger partial charge in [0.25, 0.3) is 0 Å². The molecule has 0 radical (unpaired) electrons. The zero-order valence-electron chi connectivity index (χ0n) is 24.3. The molecule has 0 amide bonds. The Morgan fingerprint density at radius 2 is 1.55 bits per heavy atom. The molecule has 0 saturated heterocycles. The van der Waals surface area contributed by atoms with E-state index in [4.69, 9.17) is 0 Å². The summed E-state index contributed by atoms with van der Waals surface area (Å²) in [4.78, 5) is 12.5. The molecular weight excluding hydrogens is 484 g/mol. The molecule has 0 aliphatic heterocycles. The predicted octanol–water partition coefficient (Wildman–Crippen LogP) is 3.73. The van der Waals surface area contributed by atoms with Crippen LogP contribution in [0.5, 0.6) is 0 Å². The summed E-state index contributed by atoms with van der Waals surface area (Å²) in [6.45, 7) is 11.8. The molecule has 7 heteroatoms. The van der Waals surface area contributed by atoms with Gasteiger partial charge in [0.2, 0.25) is 0 Å². The number of aliphatic hydroxyl groups is 5. The van der Waals surface area contributed by atoms with Gasteiger partial charge in [-0.1, -0.05) is 27.7 Å². The number of carboxylic acid groups (broad SMARTS) is 1. The molecule has 5 aliphatic carbocycles. The molecule has 1 unspecified atom stereocenters. The highest BCUT2D eigenvalue weighted by Gasteiger charge is 2.86. The normalized spacial score (nSPS) is 52.7. The molecule has 0 heterocycles. The van der Waals surface area contributed by atoms with Crippen LogP contribution in [0.4, 0.5) is 0 Å². The Labute approximate surface area is 228 Å². The zero-order chi connectivity index (χ0) is 28.3. The Kier molecular flexibility index (Phi) is 6.37. The zero-order valence-corrected chi connectivity index (χ0v) is 24.3. The lowest BCUT2D eigenvalue weighted by Crippen LogP contribution is -2.63. The van der Waals surface area contributed by atoms with Crippen molar-refractivity contribution in [2.75, 3.05) is 6.61 Å². The van der Waals surface area contributed by atoms with E-state index >= 15 is 0 Å². The minimum absolute atomic E-state index is 0.0465. The first-order valence-corrected chi connectivity index (χ1v) is 15.1. The molecule has 38 heavy (non-hydrogen) atoms. The van der Waals surface area contributed by atoms with Crippen LogP contribution in [-0.2, 0) is 4.79 Å². The molecule has 12 atom stereocenters. The Hall–Kier alpha value is -0.730. The van der Waals surface area contributed by atoms with Crippen LogP contribution < -0.4 is 0 Å². The molecule has 0 aromatic heterocycles. The summed E-state index contributed by atoms with van der Waals surface area (Å²) in [5, 5.41) is 65.3. The number of aliphatic hydroxyl groups excluding tert-OH is 3. The van der Waals surface area contributed by atoms with E-state index in [0.29, 0.717) is 25.2 Å². The third-order valence-corrected chi connectivity index (χ3v) is 14.4. The van der Waals surface area contributed by atoms with Crippen molar-refractivity contribution < 1.29 is 35.4 Å². The second-order valence-electron chi connectivity index (χ2n) is 15.6. The molecule has 0 aromatic rings. The van der Waals surface area contributed by atoms with Crippen molar-refractivity contribution in [1.29, 1.82) is 0 Å². The van der Waals surface area contributed by atoms with Crippen LogP contribution in [0.2, 0.25) is 0 Å². The van der Waals surface area contributed by atoms with E-state index in [0.717, 1.165) is 38.5 Å². The standard InChI is InChI=1S/C31H52O7/c1-18(2)30(38,17-32)14-12-27(5,37)19-9-10-25(3)20-7-8-21-28(6,24(35)36)22(33)15-23(34)31(21)16-29(20,31)13-11-26(19,25)4/h18-23,32-34,37-38H,7-17H2,1-6H3,(H,35,36)/t19-,20-,21-,22-,23-,25-,26+,27-,28-,29-,30?,31+/m0/s1. The first-order chi connectivity index (χ1) is 17.4. The number of aliphatic carboxylic acids is 1. The molecule has 6 N–H and O–H groups in total. The second kappa shape index (κ2) is 8.40. The first kappa shape index (κ1) is 28.8. The van der Waals surface area contributed by atoms with E-state index in [1.807, 2.05) is 20.8 Å². The minimum Gasteiger partial charge on any atom is -0.481 e. The van der Waals surface area contributed by atoms with Gasteiger partial charge >= 0.3 is 5.97 Å². The average molecular weight is 537 g/mol. The summed E-state index contributed by atoms with van der Waals surface area (Å²) in [5.41, 5.74) is -4.14. The predicted molar refractivity (Wildman–Crippen MR) is 143 cm³/mol. The van der Waals surface area contributed by atoms with E-state index in [1.165, 1.54) is 0 Å². The fraction of sp³-hybridized carbons (Fsp3) is 0.968. The van der Waals surface area contributed by atoms with Gasteiger partial charge in [-0.25, -0.2) is 0 Å². The van der Waals surface area contributed by atoms with Crippen molar-refractivity contribution >= 4 is 5.97 Å². The quantitative estimate of drug-likeness (QED) is 0.291. The Bertz CT molecular complexity index is 981. The summed E-state index contributed by atoms with van der Waals surface area (Å²) >= 11 is 0. The Morgan fingerprint density at radius 3 is 2.13 bits per heavy atom. The van der Waals surface area contributed by atoms with Crippen LogP contribution in [0, 0.1) is 50.7 Å². The topological polar surface area (TPSA) is 138 Å². The van der Waals surface area contributed by atoms with Gasteiger partial charge in [0.05, 0.1) is 35.4 Å². The molecule has 7 nitrogen and oxygen atoms in total. The number of carbonyl (C=O) groups is 1. The third kappa shape index (κ3) is 3.23. The van der Waals surface area contributed by atoms with Gasteiger partial charge in [0, 0.05) is 11.8 Å². The van der Waals surface area contributed by atoms with Gasteiger partial charge in [-0.15, -0.1) is 0 Å². The van der Waals surface area contributed by atoms with E-state index < -0.39 is 40.2 Å². The van der Waals surface area contributed by atoms with Gasteiger partial charge < -0.3 is 30.6 Å². The van der Waals surface area contributed by atoms with Gasteiger partial charge in [0.1, 0.15) is 0 Å². The van der Waals surface area contributed by atoms with Crippen molar-refractivity contribution in [1.82, 2.24) is 0 Å². The SMILES string of the molecule is CC(C)C(O)(CO)CC[C@](C)(O)[C@H]1CC[C@@]2(C)[C@@H]3CC[C@H]4[C@](C)(C(=O)O)[C@@H](O)C[C@H](O)[C@@]45C[C@@]35CC[C@]12C. The summed E-state index contributed by atoms with van der Waals surface area (Å²) in [6, 6.07) is 0. The van der Waals surface area contributed by atoms with Crippen molar-refractivity contribution in [2.45, 2.75) is 129 Å². The van der Waals surface area contributed by atoms with E-state index in [9.17, 15) is 35.4 Å². The smallest absolute Gasteiger partial charge is 0.312 e. The Morgan fingerprint density at radius 1 is 0.921 bits per heavy atom. The van der Waals surface area contributed by atoms with Crippen molar-refractivity contribution in [3.63, 3.8) is 0 Å². The van der Waals surface area contributed by atoms with Crippen LogP contribution in [0.1, 0.15) is 106 Å². The summed E-state index contributed by atoms with van der Waals surface area (Å²) < 4.78 is 0. The fourth-order valence-corrected chi connectivity index (χ4v) is 11.5. The van der Waals surface area contributed by atoms with Gasteiger partial charge in [-0.2, -0.15) is 0 Å². The van der Waals surface area contributed by atoms with Crippen LogP contribution in [0.25, 0.3) is 0 Å². The average Bonchev–Trinajstić information content (AvgIpc) is 3.45. The van der Waals surface area contributed by atoms with Crippen LogP contribution >= 0.6 is 0 Å². The molecule has 0 bridgehead atoms. The lowest BCUT2D eigenvalue weighted by Gasteiger charge is -2.64. The van der Waals surface area contributed by atoms with E-state index in [-0.39, 0.29) is 47.0 Å². The molecule has 2 spiro atoms. The van der Waals surface area contributed by atoms with Gasteiger partial charge in [-0.05, 0) is 112 Å². The molecular formula is C31H52O7. The molecule has 5 rings (SSSR count). The fourth-order valence-electron chi connectivity index (χ4n) is 11.5. The first-order valence-electron chi connectivity index (χ1n) is 15.1. The Balaban J connectivity index is 1.44. The second-order valence-corrected chi connectivity index (χ2v) is 15.6. The maximum atomic E-state index is 12.5. The molecule has 5 aliphatic rings. The van der Waals surface area contributed by atoms with Crippen LogP contribution in [0.3, 0.4) is 0 Å². The molecule has 5 fully saturated rings. The molecule has 5 saturated carbocycles. The number of carboxylic acids is 1. The highest BCUT2D eigenvalue weighted by molar-refractivity contribution is 5.76. The van der Waals surface area contributed by atoms with Gasteiger partial charge in [-0.3, -0.25) is 4.79 Å². The lowest BCUT2D eigenvalue weighted by molar-refractivity contribution is -0.214. The summed E-state index contributed by atoms with van der Waals surface area (Å²) in [5.74, 6) is -0.890. The minimum atomic E-state index is -1.24. The van der Waals surface area contributed by atoms with E-state index in [2.05, 4.69) is 13.8 Å². The van der Waals surface area contributed by atoms with Crippen LogP contribution in [-0.4, -0.2) is 66.6 Å². The highest BCUT2D eigenvalue weighted by Crippen LogP contribution is 2.89. The maximum absolute atomic E-state index is 12.5. The lowest BCUT2D eigenvalue weighted by atomic mass is 9.41. The largest absolute Gasteiger partial charge is 0.481 e. The number of rotatable bonds is 7. The van der Waals surface area contributed by atoms with Crippen molar-refractivity contribution in [2.24, 2.45) is 50.7 Å². The van der Waals surface area contributed by atoms with Crippen LogP contribution in [0.15, 0.2) is 0 Å². The van der Waals surface area contributed by atoms with E-state index in [1.54, 1.807) is 6.92 Å². The van der Waals surface area contributed by atoms with Crippen molar-refractivity contribution in [3.8, 4) is 0 Å². The number of hydrogen-bond acceptors (Lipinski definition) is 6. The maximum Gasteiger partial charge on any atom is 0.312 e. The summed E-state index contributed by atoms with van der Waals surface area (Å²) in [6.07, 6.45) is 5.34. The van der Waals surface area contributed by atoms with Gasteiger partial charge in [0.15, 0.2) is 0 Å².